The Morgan fingerprint density at radius 3 is 2.35 bits per heavy atom. The molecule has 112 valence electrons. The highest BCUT2D eigenvalue weighted by molar-refractivity contribution is 5.19. The molecule has 1 aliphatic rings. The Labute approximate surface area is 121 Å². The Bertz CT molecular complexity index is 446. The molecular formula is C17H25FO2. The van der Waals surface area contributed by atoms with Crippen molar-refractivity contribution in [2.45, 2.75) is 57.7 Å². The van der Waals surface area contributed by atoms with Gasteiger partial charge >= 0.3 is 0 Å². The summed E-state index contributed by atoms with van der Waals surface area (Å²) in [4.78, 5) is 0. The van der Waals surface area contributed by atoms with Crippen LogP contribution in [0.5, 0.6) is 0 Å². The summed E-state index contributed by atoms with van der Waals surface area (Å²) < 4.78 is 19.4. The normalized spacial score (nSPS) is 22.4. The van der Waals surface area contributed by atoms with Gasteiger partial charge in [0.25, 0.3) is 0 Å². The van der Waals surface area contributed by atoms with Gasteiger partial charge in [-0.1, -0.05) is 32.0 Å². The predicted molar refractivity (Wildman–Crippen MR) is 78.1 cm³/mol. The second-order valence-corrected chi connectivity index (χ2v) is 6.74. The van der Waals surface area contributed by atoms with Crippen LogP contribution in [-0.4, -0.2) is 23.9 Å². The smallest absolute Gasteiger partial charge is 0.126 e. The molecule has 0 saturated heterocycles. The van der Waals surface area contributed by atoms with E-state index in [1.165, 1.54) is 6.07 Å². The van der Waals surface area contributed by atoms with Gasteiger partial charge in [-0.15, -0.1) is 0 Å². The lowest BCUT2D eigenvalue weighted by molar-refractivity contribution is -0.135. The predicted octanol–water partition coefficient (Wildman–Crippen LogP) is 3.71. The van der Waals surface area contributed by atoms with Crippen LogP contribution in [-0.2, 0) is 11.2 Å². The lowest BCUT2D eigenvalue weighted by atomic mass is 9.68. The summed E-state index contributed by atoms with van der Waals surface area (Å²) in [6, 6.07) is 6.63. The van der Waals surface area contributed by atoms with Crippen LogP contribution in [0.1, 0.15) is 45.1 Å². The summed E-state index contributed by atoms with van der Waals surface area (Å²) >= 11 is 0. The first kappa shape index (κ1) is 15.5. The first-order valence-electron chi connectivity index (χ1n) is 7.35. The third-order valence-corrected chi connectivity index (χ3v) is 4.83. The number of ether oxygens (including phenoxy) is 1. The van der Waals surface area contributed by atoms with Crippen LogP contribution in [0, 0.1) is 11.2 Å². The zero-order chi connectivity index (χ0) is 14.8. The Kier molecular flexibility index (Phi) is 4.50. The van der Waals surface area contributed by atoms with E-state index in [4.69, 9.17) is 4.74 Å². The Balaban J connectivity index is 2.10. The van der Waals surface area contributed by atoms with Crippen LogP contribution < -0.4 is 0 Å². The molecule has 0 amide bonds. The van der Waals surface area contributed by atoms with Crippen LogP contribution in [0.15, 0.2) is 24.3 Å². The van der Waals surface area contributed by atoms with E-state index in [1.54, 1.807) is 25.3 Å². The molecule has 1 saturated carbocycles. The maximum absolute atomic E-state index is 13.7. The van der Waals surface area contributed by atoms with Crippen LogP contribution in [0.4, 0.5) is 4.39 Å². The second kappa shape index (κ2) is 5.82. The average Bonchev–Trinajstić information content (AvgIpc) is 2.42. The molecule has 0 heterocycles. The molecule has 0 radical (unpaired) electrons. The lowest BCUT2D eigenvalue weighted by Gasteiger charge is -2.45. The molecule has 2 nitrogen and oxygen atoms in total. The van der Waals surface area contributed by atoms with Gasteiger partial charge in [0.1, 0.15) is 5.82 Å². The molecule has 20 heavy (non-hydrogen) atoms. The maximum atomic E-state index is 13.7. The Morgan fingerprint density at radius 2 is 1.80 bits per heavy atom. The highest BCUT2D eigenvalue weighted by Crippen LogP contribution is 2.43. The number of rotatable bonds is 4. The van der Waals surface area contributed by atoms with E-state index in [1.807, 2.05) is 0 Å². The number of benzene rings is 1. The van der Waals surface area contributed by atoms with Gasteiger partial charge in [-0.25, -0.2) is 4.39 Å². The fraction of sp³-hybridized carbons (Fsp3) is 0.647. The Morgan fingerprint density at radius 1 is 1.20 bits per heavy atom. The van der Waals surface area contributed by atoms with Crippen molar-refractivity contribution in [3.8, 4) is 0 Å². The zero-order valence-electron chi connectivity index (χ0n) is 12.7. The van der Waals surface area contributed by atoms with Gasteiger partial charge in [0.05, 0.1) is 11.7 Å². The lowest BCUT2D eigenvalue weighted by Crippen LogP contribution is -2.49. The summed E-state index contributed by atoms with van der Waals surface area (Å²) in [7, 11) is 1.66. The summed E-state index contributed by atoms with van der Waals surface area (Å²) in [6.45, 7) is 4.49. The molecule has 1 unspecified atom stereocenters. The maximum Gasteiger partial charge on any atom is 0.126 e. The first-order valence-corrected chi connectivity index (χ1v) is 7.35. The summed E-state index contributed by atoms with van der Waals surface area (Å²) in [5.74, 6) is -0.256. The minimum Gasteiger partial charge on any atom is -0.390 e. The number of aliphatic hydroxyl groups is 1. The molecule has 1 aliphatic carbocycles. The SMILES string of the molecule is COC1(C(O)Cc2ccccc2F)CCC(C)(C)CC1. The molecular weight excluding hydrogens is 255 g/mol. The van der Waals surface area contributed by atoms with E-state index in [0.29, 0.717) is 17.4 Å². The van der Waals surface area contributed by atoms with Gasteiger partial charge in [-0.05, 0) is 42.7 Å². The quantitative estimate of drug-likeness (QED) is 0.911. The molecule has 1 aromatic carbocycles. The molecule has 1 aromatic rings. The van der Waals surface area contributed by atoms with Gasteiger partial charge < -0.3 is 9.84 Å². The molecule has 0 bridgehead atoms. The van der Waals surface area contributed by atoms with E-state index < -0.39 is 11.7 Å². The van der Waals surface area contributed by atoms with Crippen LogP contribution in [0.25, 0.3) is 0 Å². The van der Waals surface area contributed by atoms with Crippen LogP contribution >= 0.6 is 0 Å². The topological polar surface area (TPSA) is 29.5 Å². The van der Waals surface area contributed by atoms with Crippen molar-refractivity contribution in [2.24, 2.45) is 5.41 Å². The van der Waals surface area contributed by atoms with Crippen LogP contribution in [0.2, 0.25) is 0 Å². The number of hydrogen-bond acceptors (Lipinski definition) is 2. The molecule has 1 fully saturated rings. The fourth-order valence-corrected chi connectivity index (χ4v) is 3.08. The number of halogens is 1. The van der Waals surface area contributed by atoms with Crippen molar-refractivity contribution >= 4 is 0 Å². The van der Waals surface area contributed by atoms with Crippen molar-refractivity contribution in [1.82, 2.24) is 0 Å². The zero-order valence-corrected chi connectivity index (χ0v) is 12.7. The number of methoxy groups -OCH3 is 1. The van der Waals surface area contributed by atoms with Gasteiger partial charge in [-0.2, -0.15) is 0 Å². The molecule has 3 heteroatoms. The van der Waals surface area contributed by atoms with Gasteiger partial charge in [0, 0.05) is 13.5 Å². The van der Waals surface area contributed by atoms with E-state index >= 15 is 0 Å². The number of hydrogen-bond donors (Lipinski definition) is 1. The van der Waals surface area contributed by atoms with Gasteiger partial charge in [0.2, 0.25) is 0 Å². The van der Waals surface area contributed by atoms with Gasteiger partial charge in [-0.3, -0.25) is 0 Å². The summed E-state index contributed by atoms with van der Waals surface area (Å²) in [6.07, 6.45) is 3.34. The van der Waals surface area contributed by atoms with E-state index in [-0.39, 0.29) is 5.82 Å². The van der Waals surface area contributed by atoms with E-state index in [0.717, 1.165) is 25.7 Å². The monoisotopic (exact) mass is 280 g/mol. The van der Waals surface area contributed by atoms with Crippen molar-refractivity contribution in [2.75, 3.05) is 7.11 Å². The standard InChI is InChI=1S/C17H25FO2/c1-16(2)8-10-17(20-3,11-9-16)15(19)12-13-6-4-5-7-14(13)18/h4-7,15,19H,8-12H2,1-3H3. The Hall–Kier alpha value is -0.930. The molecule has 1 N–H and O–H groups in total. The minimum absolute atomic E-state index is 0.256. The van der Waals surface area contributed by atoms with Crippen LogP contribution in [0.3, 0.4) is 0 Å². The van der Waals surface area contributed by atoms with Crippen molar-refractivity contribution in [3.05, 3.63) is 35.6 Å². The molecule has 2 rings (SSSR count). The molecule has 0 aromatic heterocycles. The fourth-order valence-electron chi connectivity index (χ4n) is 3.08. The summed E-state index contributed by atoms with van der Waals surface area (Å²) in [5.41, 5.74) is 0.332. The van der Waals surface area contributed by atoms with Crippen molar-refractivity contribution < 1.29 is 14.2 Å². The third kappa shape index (κ3) is 3.21. The highest BCUT2D eigenvalue weighted by Gasteiger charge is 2.43. The van der Waals surface area contributed by atoms with Crippen molar-refractivity contribution in [1.29, 1.82) is 0 Å². The number of aliphatic hydroxyl groups excluding tert-OH is 1. The third-order valence-electron chi connectivity index (χ3n) is 4.83. The van der Waals surface area contributed by atoms with Gasteiger partial charge in [0.15, 0.2) is 0 Å². The molecule has 1 atom stereocenters. The average molecular weight is 280 g/mol. The van der Waals surface area contributed by atoms with Crippen molar-refractivity contribution in [3.63, 3.8) is 0 Å². The summed E-state index contributed by atoms with van der Waals surface area (Å²) in [5, 5.41) is 10.6. The largest absolute Gasteiger partial charge is 0.390 e. The van der Waals surface area contributed by atoms with E-state index in [9.17, 15) is 9.50 Å². The first-order chi connectivity index (χ1) is 9.38. The second-order valence-electron chi connectivity index (χ2n) is 6.74. The molecule has 0 spiro atoms. The van der Waals surface area contributed by atoms with E-state index in [2.05, 4.69) is 13.8 Å². The highest BCUT2D eigenvalue weighted by atomic mass is 19.1. The minimum atomic E-state index is -0.666. The molecule has 0 aliphatic heterocycles.